The van der Waals surface area contributed by atoms with Crippen molar-refractivity contribution in [3.63, 3.8) is 0 Å². The van der Waals surface area contributed by atoms with Crippen molar-refractivity contribution < 1.29 is 14.3 Å². The van der Waals surface area contributed by atoms with Gasteiger partial charge in [-0.1, -0.05) is 18.2 Å². The fraction of sp³-hybridized carbons (Fsp3) is 0.290. The van der Waals surface area contributed by atoms with Gasteiger partial charge < -0.3 is 26.0 Å². The Balaban J connectivity index is 1.11. The second-order valence-corrected chi connectivity index (χ2v) is 10.7. The Bertz CT molecular complexity index is 1810. The summed E-state index contributed by atoms with van der Waals surface area (Å²) in [4.78, 5) is 59.5. The van der Waals surface area contributed by atoms with Crippen LogP contribution in [-0.4, -0.2) is 34.9 Å². The van der Waals surface area contributed by atoms with Crippen LogP contribution in [0.1, 0.15) is 66.8 Å². The molecule has 0 spiro atoms. The first-order valence-corrected chi connectivity index (χ1v) is 13.8. The van der Waals surface area contributed by atoms with Crippen LogP contribution >= 0.6 is 0 Å². The van der Waals surface area contributed by atoms with E-state index in [0.717, 1.165) is 29.5 Å². The van der Waals surface area contributed by atoms with Crippen molar-refractivity contribution in [3.05, 3.63) is 108 Å². The number of aromatic nitrogens is 2. The predicted octanol–water partition coefficient (Wildman–Crippen LogP) is 2.02. The van der Waals surface area contributed by atoms with Crippen LogP contribution in [0.2, 0.25) is 0 Å². The molecule has 0 fully saturated rings. The number of ether oxygens (including phenoxy) is 1. The van der Waals surface area contributed by atoms with Crippen LogP contribution in [-0.2, 0) is 19.5 Å². The standard InChI is InChI=1S/C31H30N6O5/c1-16-3-5-21-20(17(16)2)6-7-22(21)36-31(41)24-12-23(34-15-35-24)30(40)33-13-18-4-8-25-19(11-18)14-37(9-10-42-25)27-26(32)28(38)29(27)39/h3-5,8,11-12,15,22H,6-7,9-10,13-14,32H2,1-2H3,(H,33,40)(H,36,41)/t22-/m0/s1. The maximum absolute atomic E-state index is 13.0. The zero-order chi connectivity index (χ0) is 29.5. The smallest absolute Gasteiger partial charge is 0.270 e. The molecule has 4 aromatic rings. The van der Waals surface area contributed by atoms with E-state index in [0.29, 0.717) is 25.4 Å². The summed E-state index contributed by atoms with van der Waals surface area (Å²) in [6, 6.07) is 10.9. The number of nitrogens with zero attached hydrogens (tertiary/aromatic N) is 3. The van der Waals surface area contributed by atoms with E-state index in [1.54, 1.807) is 4.90 Å². The normalized spacial score (nSPS) is 15.9. The average Bonchev–Trinajstić information content (AvgIpc) is 3.29. The van der Waals surface area contributed by atoms with Crippen molar-refractivity contribution in [2.45, 2.75) is 45.8 Å². The van der Waals surface area contributed by atoms with Gasteiger partial charge in [0.1, 0.15) is 41.4 Å². The zero-order valence-corrected chi connectivity index (χ0v) is 23.3. The lowest BCUT2D eigenvalue weighted by Gasteiger charge is -2.24. The van der Waals surface area contributed by atoms with Gasteiger partial charge >= 0.3 is 0 Å². The molecule has 0 unspecified atom stereocenters. The highest BCUT2D eigenvalue weighted by atomic mass is 16.5. The van der Waals surface area contributed by atoms with Crippen LogP contribution in [0.5, 0.6) is 5.75 Å². The number of aryl methyl sites for hydroxylation is 1. The van der Waals surface area contributed by atoms with Crippen LogP contribution in [0.15, 0.2) is 52.3 Å². The molecule has 0 radical (unpaired) electrons. The van der Waals surface area contributed by atoms with Gasteiger partial charge in [0.2, 0.25) is 0 Å². The molecule has 0 saturated carbocycles. The number of hydrogen-bond donors (Lipinski definition) is 3. The van der Waals surface area contributed by atoms with E-state index in [9.17, 15) is 19.2 Å². The average molecular weight is 567 g/mol. The first kappa shape index (κ1) is 27.1. The SMILES string of the molecule is Cc1ccc2c(c1C)CC[C@@H]2NC(=O)c1cc(C(=O)NCc2ccc3c(c2)CN(c2c(N)c(=O)c2=O)CCO3)ncn1. The fourth-order valence-electron chi connectivity index (χ4n) is 5.72. The Morgan fingerprint density at radius 2 is 1.83 bits per heavy atom. The van der Waals surface area contributed by atoms with Crippen LogP contribution in [0, 0.1) is 13.8 Å². The lowest BCUT2D eigenvalue weighted by molar-refractivity contribution is 0.0931. The highest BCUT2D eigenvalue weighted by Crippen LogP contribution is 2.34. The molecule has 1 aliphatic carbocycles. The number of fused-ring (bicyclic) bond motifs is 2. The summed E-state index contributed by atoms with van der Waals surface area (Å²) < 4.78 is 5.81. The molecule has 11 heteroatoms. The maximum atomic E-state index is 13.0. The van der Waals surface area contributed by atoms with Gasteiger partial charge in [-0.15, -0.1) is 0 Å². The molecule has 214 valence electrons. The number of nitrogens with one attached hydrogen (secondary N) is 2. The predicted molar refractivity (Wildman–Crippen MR) is 156 cm³/mol. The topological polar surface area (TPSA) is 157 Å². The third-order valence-electron chi connectivity index (χ3n) is 8.20. The van der Waals surface area contributed by atoms with E-state index in [1.807, 2.05) is 18.2 Å². The highest BCUT2D eigenvalue weighted by molar-refractivity contribution is 5.97. The number of benzene rings is 2. The van der Waals surface area contributed by atoms with E-state index in [-0.39, 0.29) is 41.3 Å². The highest BCUT2D eigenvalue weighted by Gasteiger charge is 2.28. The number of nitrogens with two attached hydrogens (primary N) is 1. The molecule has 42 heavy (non-hydrogen) atoms. The van der Waals surface area contributed by atoms with Crippen molar-refractivity contribution in [2.75, 3.05) is 23.8 Å². The second-order valence-electron chi connectivity index (χ2n) is 10.7. The third kappa shape index (κ3) is 4.87. The molecule has 6 rings (SSSR count). The van der Waals surface area contributed by atoms with E-state index < -0.39 is 16.8 Å². The molecular formula is C31H30N6O5. The summed E-state index contributed by atoms with van der Waals surface area (Å²) in [7, 11) is 0. The Morgan fingerprint density at radius 1 is 1.05 bits per heavy atom. The molecule has 11 nitrogen and oxygen atoms in total. The number of amides is 2. The van der Waals surface area contributed by atoms with Crippen LogP contribution in [0.25, 0.3) is 0 Å². The molecule has 2 aliphatic rings. The summed E-state index contributed by atoms with van der Waals surface area (Å²) in [6.07, 6.45) is 2.93. The molecule has 3 aromatic carbocycles. The Labute approximate surface area is 241 Å². The van der Waals surface area contributed by atoms with Gasteiger partial charge in [-0.3, -0.25) is 19.2 Å². The van der Waals surface area contributed by atoms with Gasteiger partial charge in [0, 0.05) is 24.7 Å². The second kappa shape index (κ2) is 10.7. The third-order valence-corrected chi connectivity index (χ3v) is 8.20. The van der Waals surface area contributed by atoms with Gasteiger partial charge in [-0.25, -0.2) is 9.97 Å². The summed E-state index contributed by atoms with van der Waals surface area (Å²) >= 11 is 0. The number of carbonyl (C=O) groups is 2. The van der Waals surface area contributed by atoms with Gasteiger partial charge in [-0.2, -0.15) is 0 Å². The Hall–Kier alpha value is -5.06. The van der Waals surface area contributed by atoms with E-state index in [4.69, 9.17) is 10.5 Å². The van der Waals surface area contributed by atoms with E-state index in [2.05, 4.69) is 46.6 Å². The Morgan fingerprint density at radius 3 is 2.62 bits per heavy atom. The molecule has 2 heterocycles. The van der Waals surface area contributed by atoms with E-state index in [1.165, 1.54) is 29.1 Å². The van der Waals surface area contributed by atoms with Crippen molar-refractivity contribution >= 4 is 23.2 Å². The number of anilines is 2. The maximum Gasteiger partial charge on any atom is 0.270 e. The minimum Gasteiger partial charge on any atom is -0.491 e. The molecule has 1 atom stereocenters. The van der Waals surface area contributed by atoms with Crippen molar-refractivity contribution in [2.24, 2.45) is 0 Å². The summed E-state index contributed by atoms with van der Waals surface area (Å²) in [6.45, 7) is 5.46. The minimum atomic E-state index is -0.661. The lowest BCUT2D eigenvalue weighted by Crippen LogP contribution is -2.43. The molecule has 1 aromatic heterocycles. The van der Waals surface area contributed by atoms with Crippen molar-refractivity contribution in [3.8, 4) is 5.75 Å². The molecule has 2 amide bonds. The largest absolute Gasteiger partial charge is 0.491 e. The lowest BCUT2D eigenvalue weighted by atomic mass is 9.99. The zero-order valence-electron chi connectivity index (χ0n) is 23.3. The van der Waals surface area contributed by atoms with Gasteiger partial charge in [0.05, 0.1) is 12.6 Å². The van der Waals surface area contributed by atoms with Gasteiger partial charge in [0.25, 0.3) is 22.7 Å². The number of nitrogen functional groups attached to an aromatic ring is 1. The monoisotopic (exact) mass is 566 g/mol. The molecule has 1 aliphatic heterocycles. The summed E-state index contributed by atoms with van der Waals surface area (Å²) in [5, 5.41) is 5.89. The summed E-state index contributed by atoms with van der Waals surface area (Å²) in [5.41, 5.74) is 11.4. The van der Waals surface area contributed by atoms with Gasteiger partial charge in [-0.05, 0) is 66.6 Å². The molecular weight excluding hydrogens is 536 g/mol. The molecule has 4 N–H and O–H groups in total. The van der Waals surface area contributed by atoms with Crippen LogP contribution < -0.4 is 36.9 Å². The van der Waals surface area contributed by atoms with Crippen molar-refractivity contribution in [1.82, 2.24) is 20.6 Å². The number of hydrogen-bond acceptors (Lipinski definition) is 9. The van der Waals surface area contributed by atoms with E-state index >= 15 is 0 Å². The minimum absolute atomic E-state index is 0.0250. The first-order valence-electron chi connectivity index (χ1n) is 13.8. The Kier molecular flexibility index (Phi) is 6.93. The molecule has 0 bridgehead atoms. The molecule has 0 saturated heterocycles. The first-order chi connectivity index (χ1) is 20.2. The van der Waals surface area contributed by atoms with Gasteiger partial charge in [0.15, 0.2) is 0 Å². The quantitative estimate of drug-likeness (QED) is 0.297. The fourth-order valence-corrected chi connectivity index (χ4v) is 5.72. The number of rotatable bonds is 6. The van der Waals surface area contributed by atoms with Crippen LogP contribution in [0.4, 0.5) is 11.4 Å². The summed E-state index contributed by atoms with van der Waals surface area (Å²) in [5.74, 6) is -0.153. The van der Waals surface area contributed by atoms with Crippen LogP contribution in [0.3, 0.4) is 0 Å². The number of carbonyl (C=O) groups excluding carboxylic acids is 2. The van der Waals surface area contributed by atoms with Crippen molar-refractivity contribution in [1.29, 1.82) is 0 Å².